The van der Waals surface area contributed by atoms with Gasteiger partial charge < -0.3 is 107 Å². The summed E-state index contributed by atoms with van der Waals surface area (Å²) in [6.45, 7) is 4.49. The number of halogens is 1. The molecule has 6 heterocycles. The van der Waals surface area contributed by atoms with Crippen LogP contribution in [0.25, 0.3) is 22.3 Å². The number of aliphatic hydroxyl groups excluding tert-OH is 6. The molecule has 34 heteroatoms. The average molecular weight is 1790 g/mol. The molecule has 10 amide bonds. The molecule has 15 bridgehead atoms. The lowest BCUT2D eigenvalue weighted by atomic mass is 9.54. The van der Waals surface area contributed by atoms with Gasteiger partial charge in [0.05, 0.1) is 18.1 Å². The normalized spacial score (nSPS) is 27.1. The standard InChI is InChI=1S/C95H106ClN9O24/c1-5-6-7-8-9-10-11-20-71(108)98-72(109)41-65-86(115)100-76-52-37-68(126-54-25-21-47(22-26-54)80(110)78-92(121)102-77(90(119)99-74-50-31-45-30-46(33-50)34-51(74)32-45)60-39-53(107)40-63-73(60)59-35-48(23-27-62(59)95(63,123)124)75(88(117)104-78)101-89(76)118)85(129-93-84(114)83(113)82(112)70(42-106)128-93)69(38-52)127-67-28-24-49(36-64(67)96)81(111)79(91(120)97-65)103-87(116)66(29-44(2)3)105(4)94(122)125-43-61-57-18-14-12-16-55(57)56-17-13-15-19-58(56)61/h12-19,21-28,35-40,44-46,50-51,61,65-66,70,74-84,93,106-107,110-114,123-124H,5-11,20,29-34,41-43H2,1-4H3,(H,97,120)(H,99,119)(H,100,115)(H,101,118)(H,102,121)(H,103,116)(H,104,117)(H,98,108,109)/t45?,46?,50?,51?,65-,66+,70+,74?,75+,76+,77-,78-,79+,80+,81+,82+,83-,84+,93-/m0/s1. The smallest absolute Gasteiger partial charge is 0.410 e. The Kier molecular flexibility index (Phi) is 26.6. The van der Waals surface area contributed by atoms with Gasteiger partial charge in [0.25, 0.3) is 0 Å². The van der Waals surface area contributed by atoms with Crippen molar-refractivity contribution in [1.29, 1.82) is 0 Å². The number of aliphatic hydroxyl groups is 8. The molecule has 6 aliphatic heterocycles. The van der Waals surface area contributed by atoms with Crippen LogP contribution in [0.15, 0.2) is 133 Å². The summed E-state index contributed by atoms with van der Waals surface area (Å²) in [5.74, 6) is -16.1. The lowest BCUT2D eigenvalue weighted by Crippen LogP contribution is -2.60. The van der Waals surface area contributed by atoms with E-state index in [1.54, 1.807) is 13.8 Å². The molecule has 19 rings (SSSR count). The Labute approximate surface area is 747 Å². The van der Waals surface area contributed by atoms with Crippen LogP contribution >= 0.6 is 11.6 Å². The van der Waals surface area contributed by atoms with Crippen LogP contribution in [0.2, 0.25) is 5.02 Å². The van der Waals surface area contributed by atoms with Crippen LogP contribution < -0.4 is 56.7 Å². The van der Waals surface area contributed by atoms with E-state index in [0.29, 0.717) is 24.7 Å². The summed E-state index contributed by atoms with van der Waals surface area (Å²) in [5, 5.41) is 127. The van der Waals surface area contributed by atoms with Crippen molar-refractivity contribution < 1.29 is 118 Å². The predicted molar refractivity (Wildman–Crippen MR) is 461 cm³/mol. The molecule has 17 N–H and O–H groups in total. The zero-order chi connectivity index (χ0) is 91.3. The second-order valence-corrected chi connectivity index (χ2v) is 36.3. The maximum absolute atomic E-state index is 16.6. The van der Waals surface area contributed by atoms with E-state index in [2.05, 4.69) is 49.5 Å². The summed E-state index contributed by atoms with van der Waals surface area (Å²) in [7, 11) is 1.31. The van der Waals surface area contributed by atoms with Crippen molar-refractivity contribution in [2.75, 3.05) is 20.3 Å². The number of hydrogen-bond donors (Lipinski definition) is 17. The van der Waals surface area contributed by atoms with E-state index in [1.165, 1.54) is 67.7 Å². The molecule has 0 unspecified atom stereocenters. The number of hydrogen-bond acceptors (Lipinski definition) is 24. The van der Waals surface area contributed by atoms with E-state index in [1.807, 2.05) is 48.5 Å². The first-order valence-electron chi connectivity index (χ1n) is 44.1. The van der Waals surface area contributed by atoms with Crippen molar-refractivity contribution in [3.63, 3.8) is 0 Å². The molecular weight excluding hydrogens is 1690 g/mol. The Morgan fingerprint density at radius 2 is 1.22 bits per heavy atom. The largest absolute Gasteiger partial charge is 0.508 e. The van der Waals surface area contributed by atoms with Crippen molar-refractivity contribution in [2.24, 2.45) is 29.6 Å². The summed E-state index contributed by atoms with van der Waals surface area (Å²) in [6.07, 6.45) is -6.41. The van der Waals surface area contributed by atoms with E-state index >= 15 is 33.6 Å². The SMILES string of the molecule is CCCCCCCCCC(=O)NC(=O)C[C@@H]1NC(=O)[C@H](NC(=O)[C@@H](CC(C)C)N(C)C(=O)OCC2c3ccccc3-c3ccccc32)[C@H](O)c2ccc(c(Cl)c2)Oc2cc3cc(c2O[C@@H]2O[C@H](CO)[C@@H](O)[C@H](O)[C@H]2O)Oc2ccc(cc2)[C@@H](O)[C@@H]2NC(=O)[C@H](NC(=O)[C@@H]3NC1=O)c1ccc3c(c1)-c1c(cc(O)cc1C3(O)O)[C@@H](C(=O)NC1C3CC4CC(C3)CC1C4)NC2=O. The number of likely N-dealkylation sites (N-methyl/N-ethyl adjacent to an activating group) is 1. The van der Waals surface area contributed by atoms with Gasteiger partial charge in [-0.3, -0.25) is 53.4 Å². The van der Waals surface area contributed by atoms with Gasteiger partial charge in [-0.2, -0.15) is 0 Å². The number of carbonyl (C=O) groups excluding carboxylic acids is 10. The molecule has 12 aliphatic rings. The molecule has 0 aromatic heterocycles. The fourth-order valence-electron chi connectivity index (χ4n) is 20.2. The molecular formula is C95H106ClN9O24. The monoisotopic (exact) mass is 1790 g/mol. The Hall–Kier alpha value is -11.6. The number of amides is 10. The number of nitrogens with zero attached hydrogens (tertiary/aromatic N) is 1. The third-order valence-electron chi connectivity index (χ3n) is 26.7. The Balaban J connectivity index is 0.822. The number of unbranched alkanes of at least 4 members (excludes halogenated alkanes) is 6. The first kappa shape index (κ1) is 90.7. The van der Waals surface area contributed by atoms with Gasteiger partial charge in [0.1, 0.15) is 103 Å². The third kappa shape index (κ3) is 18.6. The number of ether oxygens (including phenoxy) is 5. The highest BCUT2D eigenvalue weighted by atomic mass is 35.5. The summed E-state index contributed by atoms with van der Waals surface area (Å²) in [4.78, 5) is 156. The molecule has 14 atom stereocenters. The summed E-state index contributed by atoms with van der Waals surface area (Å²) in [6, 6.07) is 17.2. The van der Waals surface area contributed by atoms with E-state index in [0.717, 1.165) is 116 Å². The van der Waals surface area contributed by atoms with Gasteiger partial charge >= 0.3 is 6.09 Å². The van der Waals surface area contributed by atoms with Gasteiger partial charge in [0.2, 0.25) is 71.0 Å². The fraction of sp³-hybridized carbons (Fsp3) is 0.453. The van der Waals surface area contributed by atoms with Gasteiger partial charge in [-0.05, 0) is 190 Å². The topological polar surface area (TPSA) is 498 Å². The van der Waals surface area contributed by atoms with Crippen molar-refractivity contribution in [2.45, 2.75) is 220 Å². The van der Waals surface area contributed by atoms with E-state index in [4.69, 9.17) is 35.3 Å². The molecule has 33 nitrogen and oxygen atoms in total. The van der Waals surface area contributed by atoms with Crippen LogP contribution in [-0.4, -0.2) is 191 Å². The Morgan fingerprint density at radius 1 is 0.597 bits per heavy atom. The van der Waals surface area contributed by atoms with E-state index in [9.17, 15) is 60.3 Å². The molecule has 0 spiro atoms. The second-order valence-electron chi connectivity index (χ2n) is 35.9. The number of rotatable bonds is 22. The number of imide groups is 1. The zero-order valence-corrected chi connectivity index (χ0v) is 72.1. The molecule has 4 saturated carbocycles. The minimum Gasteiger partial charge on any atom is -0.508 e. The molecule has 5 fully saturated rings. The highest BCUT2D eigenvalue weighted by Gasteiger charge is 2.53. The highest BCUT2D eigenvalue weighted by molar-refractivity contribution is 6.32. The molecule has 7 aromatic rings. The third-order valence-corrected chi connectivity index (χ3v) is 27.0. The minimum absolute atomic E-state index is 0.0833. The van der Waals surface area contributed by atoms with Crippen molar-refractivity contribution in [1.82, 2.24) is 47.4 Å². The van der Waals surface area contributed by atoms with Gasteiger partial charge in [-0.15, -0.1) is 0 Å². The Bertz CT molecular complexity index is 5440. The van der Waals surface area contributed by atoms with Crippen LogP contribution in [0.5, 0.6) is 34.5 Å². The maximum atomic E-state index is 16.6. The molecule has 1 saturated heterocycles. The first-order chi connectivity index (χ1) is 61.8. The number of phenols is 1. The second kappa shape index (κ2) is 37.8. The number of benzene rings is 7. The highest BCUT2D eigenvalue weighted by Crippen LogP contribution is 2.56. The number of fused-ring (bicyclic) bond motifs is 15. The summed E-state index contributed by atoms with van der Waals surface area (Å²) < 4.78 is 31.7. The van der Waals surface area contributed by atoms with Gasteiger partial charge in [0.15, 0.2) is 11.5 Å². The van der Waals surface area contributed by atoms with E-state index in [-0.39, 0.29) is 104 Å². The summed E-state index contributed by atoms with van der Waals surface area (Å²) >= 11 is 7.23. The minimum atomic E-state index is -2.98. The molecule has 682 valence electrons. The maximum Gasteiger partial charge on any atom is 0.410 e. The molecule has 0 radical (unpaired) electrons. The molecule has 6 aliphatic carbocycles. The van der Waals surface area contributed by atoms with Crippen LogP contribution in [-0.2, 0) is 58.4 Å². The number of aromatic hydroxyl groups is 1. The lowest BCUT2D eigenvalue weighted by Gasteiger charge is -2.54. The predicted octanol–water partition coefficient (Wildman–Crippen LogP) is 7.12. The van der Waals surface area contributed by atoms with Crippen molar-refractivity contribution in [3.8, 4) is 56.8 Å². The zero-order valence-electron chi connectivity index (χ0n) is 71.3. The lowest BCUT2D eigenvalue weighted by molar-refractivity contribution is -0.277. The fourth-order valence-corrected chi connectivity index (χ4v) is 20.5. The van der Waals surface area contributed by atoms with Crippen molar-refractivity contribution >= 4 is 70.9 Å². The van der Waals surface area contributed by atoms with E-state index < -0.39 is 198 Å². The van der Waals surface area contributed by atoms with Crippen LogP contribution in [0, 0.1) is 29.6 Å². The number of nitrogens with one attached hydrogen (secondary N) is 8. The number of phenolic OH excluding ortho intramolecular Hbond substituents is 1. The molecule has 7 aromatic carbocycles. The van der Waals surface area contributed by atoms with Gasteiger partial charge in [-0.1, -0.05) is 150 Å². The number of carbonyl (C=O) groups is 10. The van der Waals surface area contributed by atoms with Gasteiger partial charge in [0, 0.05) is 36.6 Å². The van der Waals surface area contributed by atoms with Crippen LogP contribution in [0.1, 0.15) is 203 Å². The average Bonchev–Trinajstić information content (AvgIpc) is 1.54. The van der Waals surface area contributed by atoms with Gasteiger partial charge in [-0.25, -0.2) is 4.79 Å². The molecule has 129 heavy (non-hydrogen) atoms. The quantitative estimate of drug-likeness (QED) is 0.0237. The first-order valence-corrected chi connectivity index (χ1v) is 44.5. The van der Waals surface area contributed by atoms with Crippen molar-refractivity contribution in [3.05, 3.63) is 189 Å². The summed E-state index contributed by atoms with van der Waals surface area (Å²) in [5.41, 5.74) is 1.72. The van der Waals surface area contributed by atoms with Crippen LogP contribution in [0.3, 0.4) is 0 Å². The Morgan fingerprint density at radius 3 is 1.89 bits per heavy atom. The van der Waals surface area contributed by atoms with Crippen LogP contribution in [0.4, 0.5) is 4.79 Å².